The number of rotatable bonds is 0. The summed E-state index contributed by atoms with van der Waals surface area (Å²) < 4.78 is 0. The van der Waals surface area contributed by atoms with Crippen LogP contribution in [0.5, 0.6) is 0 Å². The molecule has 0 atom stereocenters. The van der Waals surface area contributed by atoms with E-state index in [0.717, 1.165) is 5.56 Å². The zero-order valence-corrected chi connectivity index (χ0v) is 9.26. The molecule has 2 nitrogen and oxygen atoms in total. The SMILES string of the molecule is C[Si](C)(C)C#Cc1cccnc1N. The van der Waals surface area contributed by atoms with Gasteiger partial charge in [-0.15, -0.1) is 5.54 Å². The van der Waals surface area contributed by atoms with Crippen LogP contribution in [0.2, 0.25) is 19.6 Å². The zero-order chi connectivity index (χ0) is 9.90. The van der Waals surface area contributed by atoms with E-state index in [1.54, 1.807) is 6.20 Å². The van der Waals surface area contributed by atoms with Crippen LogP contribution in [0.1, 0.15) is 5.56 Å². The molecule has 1 rings (SSSR count). The van der Waals surface area contributed by atoms with E-state index in [4.69, 9.17) is 5.73 Å². The molecule has 0 spiro atoms. The number of hydrogen-bond acceptors (Lipinski definition) is 2. The van der Waals surface area contributed by atoms with Crippen molar-refractivity contribution >= 4 is 13.9 Å². The predicted octanol–water partition coefficient (Wildman–Crippen LogP) is 1.89. The molecule has 1 aromatic heterocycles. The minimum absolute atomic E-state index is 0.522. The molecule has 1 aromatic rings. The fourth-order valence-electron chi connectivity index (χ4n) is 0.778. The molecular formula is C10H14N2Si. The number of anilines is 1. The normalized spacial score (nSPS) is 10.4. The maximum atomic E-state index is 5.65. The van der Waals surface area contributed by atoms with Gasteiger partial charge in [0.1, 0.15) is 13.9 Å². The van der Waals surface area contributed by atoms with E-state index >= 15 is 0 Å². The minimum Gasteiger partial charge on any atom is -0.383 e. The van der Waals surface area contributed by atoms with Crippen molar-refractivity contribution in [2.75, 3.05) is 5.73 Å². The third kappa shape index (κ3) is 3.30. The molecule has 13 heavy (non-hydrogen) atoms. The molecule has 0 fully saturated rings. The number of pyridine rings is 1. The van der Waals surface area contributed by atoms with E-state index in [0.29, 0.717) is 5.82 Å². The van der Waals surface area contributed by atoms with Gasteiger partial charge in [-0.3, -0.25) is 0 Å². The summed E-state index contributed by atoms with van der Waals surface area (Å²) in [6, 6.07) is 3.75. The lowest BCUT2D eigenvalue weighted by Gasteiger charge is -2.03. The Kier molecular flexibility index (Phi) is 2.74. The summed E-state index contributed by atoms with van der Waals surface area (Å²) in [5, 5.41) is 0. The molecule has 2 N–H and O–H groups in total. The van der Waals surface area contributed by atoms with Crippen molar-refractivity contribution in [3.63, 3.8) is 0 Å². The molecule has 0 aliphatic rings. The first-order chi connectivity index (χ1) is 5.99. The molecule has 3 heteroatoms. The molecule has 0 aliphatic carbocycles. The Balaban J connectivity index is 2.97. The van der Waals surface area contributed by atoms with Crippen molar-refractivity contribution < 1.29 is 0 Å². The van der Waals surface area contributed by atoms with Gasteiger partial charge in [-0.25, -0.2) is 4.98 Å². The maximum Gasteiger partial charge on any atom is 0.139 e. The highest BCUT2D eigenvalue weighted by Gasteiger charge is 2.07. The van der Waals surface area contributed by atoms with Crippen LogP contribution in [0, 0.1) is 11.5 Å². The number of nitrogen functional groups attached to an aromatic ring is 1. The standard InChI is InChI=1S/C10H14N2Si/c1-13(2,3)8-6-9-5-4-7-12-10(9)11/h4-5,7H,1-3H3,(H2,11,12). The number of aromatic nitrogens is 1. The number of hydrogen-bond donors (Lipinski definition) is 1. The van der Waals surface area contributed by atoms with Crippen LogP contribution >= 0.6 is 0 Å². The fraction of sp³-hybridized carbons (Fsp3) is 0.300. The summed E-state index contributed by atoms with van der Waals surface area (Å²) >= 11 is 0. The van der Waals surface area contributed by atoms with Crippen LogP contribution in [-0.4, -0.2) is 13.1 Å². The molecular weight excluding hydrogens is 176 g/mol. The van der Waals surface area contributed by atoms with Crippen LogP contribution in [0.3, 0.4) is 0 Å². The van der Waals surface area contributed by atoms with Crippen LogP contribution in [0.4, 0.5) is 5.82 Å². The van der Waals surface area contributed by atoms with E-state index < -0.39 is 8.07 Å². The Morgan fingerprint density at radius 1 is 1.38 bits per heavy atom. The Bertz CT molecular complexity index is 355. The molecule has 0 aromatic carbocycles. The highest BCUT2D eigenvalue weighted by Crippen LogP contribution is 2.05. The lowest BCUT2D eigenvalue weighted by molar-refractivity contribution is 1.32. The van der Waals surface area contributed by atoms with Crippen molar-refractivity contribution in [3.05, 3.63) is 23.9 Å². The first-order valence-electron chi connectivity index (χ1n) is 4.23. The molecule has 68 valence electrons. The lowest BCUT2D eigenvalue weighted by atomic mass is 10.3. The number of nitrogens with two attached hydrogens (primary N) is 1. The zero-order valence-electron chi connectivity index (χ0n) is 8.26. The molecule has 0 radical (unpaired) electrons. The highest BCUT2D eigenvalue weighted by molar-refractivity contribution is 6.83. The molecule has 0 aliphatic heterocycles. The Morgan fingerprint density at radius 3 is 2.62 bits per heavy atom. The second-order valence-corrected chi connectivity index (χ2v) is 8.69. The van der Waals surface area contributed by atoms with Gasteiger partial charge in [-0.05, 0) is 12.1 Å². The van der Waals surface area contributed by atoms with Crippen LogP contribution in [0.25, 0.3) is 0 Å². The highest BCUT2D eigenvalue weighted by atomic mass is 28.3. The van der Waals surface area contributed by atoms with Gasteiger partial charge < -0.3 is 5.73 Å². The monoisotopic (exact) mass is 190 g/mol. The second-order valence-electron chi connectivity index (χ2n) is 3.94. The fourth-order valence-corrected chi connectivity index (χ4v) is 1.29. The van der Waals surface area contributed by atoms with Crippen molar-refractivity contribution in [3.8, 4) is 11.5 Å². The summed E-state index contributed by atoms with van der Waals surface area (Å²) in [7, 11) is -1.31. The summed E-state index contributed by atoms with van der Waals surface area (Å²) in [6.07, 6.45) is 1.68. The Morgan fingerprint density at radius 2 is 2.08 bits per heavy atom. The van der Waals surface area contributed by atoms with Crippen molar-refractivity contribution in [1.29, 1.82) is 0 Å². The smallest absolute Gasteiger partial charge is 0.139 e. The quantitative estimate of drug-likeness (QED) is 0.501. The van der Waals surface area contributed by atoms with Crippen molar-refractivity contribution in [2.24, 2.45) is 0 Å². The van der Waals surface area contributed by atoms with Gasteiger partial charge >= 0.3 is 0 Å². The minimum atomic E-state index is -1.31. The van der Waals surface area contributed by atoms with Gasteiger partial charge in [0.05, 0.1) is 5.56 Å². The average molecular weight is 190 g/mol. The maximum absolute atomic E-state index is 5.65. The van der Waals surface area contributed by atoms with Gasteiger partial charge in [0, 0.05) is 6.20 Å². The largest absolute Gasteiger partial charge is 0.383 e. The number of nitrogens with zero attached hydrogens (tertiary/aromatic N) is 1. The van der Waals surface area contributed by atoms with E-state index in [9.17, 15) is 0 Å². The average Bonchev–Trinajstić information content (AvgIpc) is 2.01. The molecule has 0 amide bonds. The van der Waals surface area contributed by atoms with Gasteiger partial charge in [-0.1, -0.05) is 25.6 Å². The van der Waals surface area contributed by atoms with Crippen molar-refractivity contribution in [1.82, 2.24) is 4.98 Å². The van der Waals surface area contributed by atoms with Gasteiger partial charge in [-0.2, -0.15) is 0 Å². The van der Waals surface area contributed by atoms with Crippen molar-refractivity contribution in [2.45, 2.75) is 19.6 Å². The Labute approximate surface area is 80.2 Å². The first kappa shape index (κ1) is 9.81. The Hall–Kier alpha value is -1.27. The van der Waals surface area contributed by atoms with E-state index in [2.05, 4.69) is 36.1 Å². The van der Waals surface area contributed by atoms with Crippen LogP contribution in [-0.2, 0) is 0 Å². The van der Waals surface area contributed by atoms with E-state index in [-0.39, 0.29) is 0 Å². The molecule has 0 bridgehead atoms. The third-order valence-electron chi connectivity index (χ3n) is 1.41. The summed E-state index contributed by atoms with van der Waals surface area (Å²) in [5.41, 5.74) is 9.74. The molecule has 1 heterocycles. The third-order valence-corrected chi connectivity index (χ3v) is 2.29. The predicted molar refractivity (Wildman–Crippen MR) is 58.9 cm³/mol. The summed E-state index contributed by atoms with van der Waals surface area (Å²) in [5.74, 6) is 3.60. The van der Waals surface area contributed by atoms with Gasteiger partial charge in [0.2, 0.25) is 0 Å². The van der Waals surface area contributed by atoms with E-state index in [1.165, 1.54) is 0 Å². The van der Waals surface area contributed by atoms with Crippen LogP contribution < -0.4 is 5.73 Å². The summed E-state index contributed by atoms with van der Waals surface area (Å²) in [4.78, 5) is 3.97. The molecule has 0 unspecified atom stereocenters. The first-order valence-corrected chi connectivity index (χ1v) is 7.73. The second kappa shape index (κ2) is 3.63. The molecule has 0 saturated heterocycles. The molecule has 0 saturated carbocycles. The van der Waals surface area contributed by atoms with Gasteiger partial charge in [0.15, 0.2) is 0 Å². The summed E-state index contributed by atoms with van der Waals surface area (Å²) in [6.45, 7) is 6.60. The van der Waals surface area contributed by atoms with Gasteiger partial charge in [0.25, 0.3) is 0 Å². The van der Waals surface area contributed by atoms with Crippen LogP contribution in [0.15, 0.2) is 18.3 Å². The topological polar surface area (TPSA) is 38.9 Å². The van der Waals surface area contributed by atoms with E-state index in [1.807, 2.05) is 12.1 Å². The lowest BCUT2D eigenvalue weighted by Crippen LogP contribution is -2.16.